The van der Waals surface area contributed by atoms with Crippen molar-refractivity contribution in [3.8, 4) is 28.2 Å². The molecule has 2 N–H and O–H groups in total. The van der Waals surface area contributed by atoms with Gasteiger partial charge < -0.3 is 0 Å². The first-order valence-electron chi connectivity index (χ1n) is 21.8. The van der Waals surface area contributed by atoms with Crippen LogP contribution >= 0.6 is 0 Å². The van der Waals surface area contributed by atoms with E-state index >= 15 is 0 Å². The molecule has 0 unspecified atom stereocenters. The monoisotopic (exact) mass is 884 g/mol. The maximum Gasteiger partial charge on any atom is 0.277 e. The highest BCUT2D eigenvalue weighted by Gasteiger charge is 2.17. The second kappa shape index (κ2) is 16.6. The summed E-state index contributed by atoms with van der Waals surface area (Å²) in [6, 6.07) is 67.0. The smallest absolute Gasteiger partial charge is 0.258 e. The minimum absolute atomic E-state index is 0.0792. The van der Waals surface area contributed by atoms with Crippen molar-refractivity contribution >= 4 is 82.4 Å². The zero-order chi connectivity index (χ0) is 45.6. The number of H-pyrrole nitrogens is 2. The molecule has 0 aliphatic heterocycles. The van der Waals surface area contributed by atoms with E-state index in [1.165, 1.54) is 16.8 Å². The van der Waals surface area contributed by atoms with E-state index in [4.69, 9.17) is 4.98 Å². The number of fused-ring (bicyclic) bond motifs is 10. The summed E-state index contributed by atoms with van der Waals surface area (Å²) in [5, 5.41) is 39.3. The van der Waals surface area contributed by atoms with Gasteiger partial charge in [0, 0.05) is 27.6 Å². The van der Waals surface area contributed by atoms with Gasteiger partial charge in [-0.2, -0.15) is 10.2 Å². The molecule has 0 amide bonds. The average Bonchev–Trinajstić information content (AvgIpc) is 4.25. The van der Waals surface area contributed by atoms with E-state index in [9.17, 15) is 10.1 Å². The molecule has 0 saturated heterocycles. The maximum absolute atomic E-state index is 11.3. The first-order valence-corrected chi connectivity index (χ1v) is 21.8. The lowest BCUT2D eigenvalue weighted by molar-refractivity contribution is -0.384. The molecule has 5 heterocycles. The van der Waals surface area contributed by atoms with Crippen LogP contribution in [0.5, 0.6) is 0 Å². The Kier molecular flexibility index (Phi) is 9.72. The van der Waals surface area contributed by atoms with Crippen LogP contribution in [0.15, 0.2) is 206 Å². The molecule has 9 aromatic carbocycles. The van der Waals surface area contributed by atoms with E-state index in [2.05, 4.69) is 84.5 Å². The van der Waals surface area contributed by atoms with Gasteiger partial charge in [-0.25, -0.2) is 34.4 Å². The predicted molar refractivity (Wildman–Crippen MR) is 267 cm³/mol. The Morgan fingerprint density at radius 1 is 0.441 bits per heavy atom. The maximum atomic E-state index is 11.3. The van der Waals surface area contributed by atoms with Crippen LogP contribution in [0.4, 0.5) is 5.69 Å². The van der Waals surface area contributed by atoms with Crippen LogP contribution in [0.25, 0.3) is 105 Å². The molecule has 324 valence electrons. The van der Waals surface area contributed by atoms with Crippen LogP contribution in [0.2, 0.25) is 0 Å². The summed E-state index contributed by atoms with van der Waals surface area (Å²) in [4.78, 5) is 20.4. The Morgan fingerprint density at radius 3 is 1.76 bits per heavy atom. The summed E-state index contributed by atoms with van der Waals surface area (Å²) in [6.45, 7) is 0. The van der Waals surface area contributed by atoms with E-state index < -0.39 is 0 Å². The van der Waals surface area contributed by atoms with E-state index in [1.807, 2.05) is 143 Å². The lowest BCUT2D eigenvalue weighted by atomic mass is 10.0. The molecule has 0 bridgehead atoms. The summed E-state index contributed by atoms with van der Waals surface area (Å²) < 4.78 is 5.72. The summed E-state index contributed by atoms with van der Waals surface area (Å²) in [5.41, 5.74) is 13.9. The van der Waals surface area contributed by atoms with E-state index in [1.54, 1.807) is 22.9 Å². The van der Waals surface area contributed by atoms with Gasteiger partial charge in [0.05, 0.1) is 60.6 Å². The number of nitrogens with zero attached hydrogens (tertiary/aromatic N) is 10. The molecule has 68 heavy (non-hydrogen) atoms. The number of aromatic amines is 2. The zero-order valence-corrected chi connectivity index (χ0v) is 35.9. The highest BCUT2D eigenvalue weighted by molar-refractivity contribution is 6.15. The largest absolute Gasteiger partial charge is 0.277 e. The first-order chi connectivity index (χ1) is 33.6. The molecule has 0 saturated carbocycles. The zero-order valence-electron chi connectivity index (χ0n) is 35.9. The molecule has 14 rings (SSSR count). The van der Waals surface area contributed by atoms with Crippen LogP contribution in [0.3, 0.4) is 0 Å². The van der Waals surface area contributed by atoms with Gasteiger partial charge in [-0.1, -0.05) is 114 Å². The number of nitro benzene ring substituents is 1. The lowest BCUT2D eigenvalue weighted by Gasteiger charge is -2.05. The molecular formula is C54H36N12O2. The van der Waals surface area contributed by atoms with Crippen LogP contribution in [0.1, 0.15) is 0 Å². The van der Waals surface area contributed by atoms with Crippen LogP contribution < -0.4 is 0 Å². The summed E-state index contributed by atoms with van der Waals surface area (Å²) in [7, 11) is 0. The topological polar surface area (TPSA) is 167 Å². The fourth-order valence-electron chi connectivity index (χ4n) is 8.77. The Morgan fingerprint density at radius 2 is 1.03 bits per heavy atom. The van der Waals surface area contributed by atoms with Gasteiger partial charge in [0.15, 0.2) is 0 Å². The Hall–Kier alpha value is -9.82. The number of benzene rings is 9. The summed E-state index contributed by atoms with van der Waals surface area (Å²) >= 11 is 0. The van der Waals surface area contributed by atoms with Crippen molar-refractivity contribution in [3.63, 3.8) is 0 Å². The van der Waals surface area contributed by atoms with E-state index in [0.717, 1.165) is 88.6 Å². The van der Waals surface area contributed by atoms with Gasteiger partial charge in [-0.3, -0.25) is 10.1 Å². The molecular weight excluding hydrogens is 849 g/mol. The minimum atomic E-state index is -0.369. The SMILES string of the molecule is O=[N+]([O-])c1ccccc1-c1ccc2nnn(-c3ccccc3)c2c1.c1ccc(-n2[nH]nc3cc4nc5ccccc5c4cc32)cc1.c1ccc(-n2[nH]nc3ccc4c5ccccc5nc4c32)cc1. The van der Waals surface area contributed by atoms with Crippen LogP contribution in [-0.2, 0) is 0 Å². The normalized spacial score (nSPS) is 11.4. The highest BCUT2D eigenvalue weighted by Crippen LogP contribution is 2.34. The Labute approximate surface area is 385 Å². The van der Waals surface area contributed by atoms with Crippen molar-refractivity contribution in [1.82, 2.24) is 54.9 Å². The molecule has 0 fully saturated rings. The fraction of sp³-hybridized carbons (Fsp3) is 0. The lowest BCUT2D eigenvalue weighted by Crippen LogP contribution is -1.96. The molecule has 0 aliphatic carbocycles. The number of para-hydroxylation sites is 6. The van der Waals surface area contributed by atoms with Crippen molar-refractivity contribution in [1.29, 1.82) is 0 Å². The third-order valence-electron chi connectivity index (χ3n) is 12.0. The number of hydrogen-bond donors (Lipinski definition) is 2. The van der Waals surface area contributed by atoms with Crippen molar-refractivity contribution in [3.05, 3.63) is 216 Å². The van der Waals surface area contributed by atoms with Crippen LogP contribution in [0, 0.1) is 10.1 Å². The first kappa shape index (κ1) is 39.7. The molecule has 14 heteroatoms. The number of hydrogen-bond acceptors (Lipinski definition) is 8. The molecule has 0 atom stereocenters. The second-order valence-electron chi connectivity index (χ2n) is 16.0. The molecule has 5 aromatic heterocycles. The second-order valence-corrected chi connectivity index (χ2v) is 16.0. The number of rotatable bonds is 5. The minimum Gasteiger partial charge on any atom is -0.258 e. The molecule has 14 nitrogen and oxygen atoms in total. The molecule has 0 spiro atoms. The van der Waals surface area contributed by atoms with Crippen molar-refractivity contribution in [2.45, 2.75) is 0 Å². The number of nitro groups is 1. The standard InChI is InChI=1S/C18H12N4O2.2C18H12N4/c23-22(24)17-9-5-4-8-15(17)13-10-11-16-18(12-13)21(20-19-16)14-6-2-1-3-7-14;1-2-6-12(7-3-1)22-18-10-14-13-8-4-5-9-15(13)19-16(14)11-17(18)20-21-22;1-2-6-12(7-3-1)22-18-16(20-21-22)11-10-14-13-8-4-5-9-15(13)19-17(14)18/h1-12H;2*1-11,21H. The fourth-order valence-corrected chi connectivity index (χ4v) is 8.77. The number of aromatic nitrogens is 11. The van der Waals surface area contributed by atoms with Gasteiger partial charge in [-0.15, -0.1) is 5.10 Å². The van der Waals surface area contributed by atoms with Crippen molar-refractivity contribution in [2.24, 2.45) is 0 Å². The highest BCUT2D eigenvalue weighted by atomic mass is 16.6. The van der Waals surface area contributed by atoms with Gasteiger partial charge in [0.25, 0.3) is 5.69 Å². The van der Waals surface area contributed by atoms with E-state index in [0.29, 0.717) is 5.56 Å². The van der Waals surface area contributed by atoms with Crippen molar-refractivity contribution < 1.29 is 4.92 Å². The molecule has 14 aromatic rings. The Balaban J connectivity index is 0.000000106. The van der Waals surface area contributed by atoms with Gasteiger partial charge in [0.1, 0.15) is 22.1 Å². The number of nitrogens with one attached hydrogen (secondary N) is 2. The summed E-state index contributed by atoms with van der Waals surface area (Å²) in [5.74, 6) is 0. The van der Waals surface area contributed by atoms with Gasteiger partial charge >= 0.3 is 0 Å². The third kappa shape index (κ3) is 7.01. The van der Waals surface area contributed by atoms with Crippen LogP contribution in [-0.4, -0.2) is 59.9 Å². The Bertz CT molecular complexity index is 4120. The molecule has 0 radical (unpaired) electrons. The van der Waals surface area contributed by atoms with Gasteiger partial charge in [-0.05, 0) is 96.6 Å². The quantitative estimate of drug-likeness (QED) is 0.127. The predicted octanol–water partition coefficient (Wildman–Crippen LogP) is 12.1. The van der Waals surface area contributed by atoms with E-state index in [-0.39, 0.29) is 10.6 Å². The summed E-state index contributed by atoms with van der Waals surface area (Å²) in [6.07, 6.45) is 0. The van der Waals surface area contributed by atoms with Gasteiger partial charge in [0.2, 0.25) is 0 Å². The van der Waals surface area contributed by atoms with Crippen molar-refractivity contribution in [2.75, 3.05) is 0 Å². The third-order valence-corrected chi connectivity index (χ3v) is 12.0. The average molecular weight is 885 g/mol. The molecule has 0 aliphatic rings.